The zero-order valence-electron chi connectivity index (χ0n) is 14.5. The molecule has 4 rings (SSSR count). The molecule has 0 aromatic heterocycles. The third-order valence-electron chi connectivity index (χ3n) is 5.15. The number of piperazine rings is 1. The zero-order valence-corrected chi connectivity index (χ0v) is 15.3. The van der Waals surface area contributed by atoms with E-state index in [1.807, 2.05) is 6.07 Å². The minimum atomic E-state index is 0.330. The molecule has 1 aromatic rings. The molecule has 1 unspecified atom stereocenters. The Morgan fingerprint density at radius 2 is 2.08 bits per heavy atom. The van der Waals surface area contributed by atoms with Crippen LogP contribution in [0, 0.1) is 0 Å². The van der Waals surface area contributed by atoms with E-state index in [4.69, 9.17) is 26.4 Å². The quantitative estimate of drug-likeness (QED) is 0.743. The summed E-state index contributed by atoms with van der Waals surface area (Å²) in [7, 11) is 0. The van der Waals surface area contributed by atoms with E-state index >= 15 is 0 Å². The number of hydrogen-bond donors (Lipinski definition) is 2. The van der Waals surface area contributed by atoms with Gasteiger partial charge in [0.2, 0.25) is 6.79 Å². The summed E-state index contributed by atoms with van der Waals surface area (Å²) in [4.78, 5) is 3.87. The second kappa shape index (κ2) is 7.76. The molecule has 0 saturated carbocycles. The second-order valence-corrected chi connectivity index (χ2v) is 7.31. The highest BCUT2D eigenvalue weighted by Crippen LogP contribution is 2.32. The third kappa shape index (κ3) is 4.16. The van der Waals surface area contributed by atoms with Gasteiger partial charge in [-0.1, -0.05) is 0 Å². The fourth-order valence-electron chi connectivity index (χ4n) is 3.66. The van der Waals surface area contributed by atoms with Crippen LogP contribution in [0.5, 0.6) is 11.5 Å². The second-order valence-electron chi connectivity index (χ2n) is 6.92. The van der Waals surface area contributed by atoms with E-state index in [9.17, 15) is 0 Å². The molecule has 1 atom stereocenters. The van der Waals surface area contributed by atoms with Gasteiger partial charge in [-0.05, 0) is 43.3 Å². The maximum atomic E-state index is 5.64. The van der Waals surface area contributed by atoms with Gasteiger partial charge in [0.1, 0.15) is 6.54 Å². The van der Waals surface area contributed by atoms with Crippen LogP contribution in [-0.4, -0.2) is 62.2 Å². The maximum Gasteiger partial charge on any atom is 0.231 e. The monoisotopic (exact) mass is 364 g/mol. The van der Waals surface area contributed by atoms with Crippen LogP contribution in [0.3, 0.4) is 0 Å². The van der Waals surface area contributed by atoms with E-state index in [0.29, 0.717) is 12.9 Å². The molecule has 0 bridgehead atoms. The summed E-state index contributed by atoms with van der Waals surface area (Å²) in [5.41, 5.74) is 1.30. The van der Waals surface area contributed by atoms with E-state index in [2.05, 4.69) is 22.3 Å². The average Bonchev–Trinajstić information content (AvgIpc) is 3.31. The molecule has 2 fully saturated rings. The normalized spacial score (nSPS) is 23.0. The number of hydrogen-bond acceptors (Lipinski definition) is 4. The lowest BCUT2D eigenvalue weighted by Crippen LogP contribution is -3.13. The number of rotatable bonds is 4. The SMILES string of the molecule is S=C(NCC1CCCO1)N1CC[NH+](Cc2ccc3c(c2)OCO3)CC1. The third-order valence-corrected chi connectivity index (χ3v) is 5.56. The summed E-state index contributed by atoms with van der Waals surface area (Å²) >= 11 is 5.55. The Hall–Kier alpha value is -1.57. The predicted molar refractivity (Wildman–Crippen MR) is 98.1 cm³/mol. The first-order chi connectivity index (χ1) is 12.3. The molecule has 0 spiro atoms. The standard InChI is InChI=1S/C18H25N3O3S/c25-18(19-11-15-2-1-9-22-15)21-7-5-20(6-8-21)12-14-3-4-16-17(10-14)24-13-23-16/h3-4,10,15H,1-2,5-9,11-13H2,(H,19,25)/p+1. The van der Waals surface area contributed by atoms with Crippen molar-refractivity contribution in [1.82, 2.24) is 10.2 Å². The van der Waals surface area contributed by atoms with Crippen LogP contribution in [0.25, 0.3) is 0 Å². The van der Waals surface area contributed by atoms with Crippen molar-refractivity contribution in [3.63, 3.8) is 0 Å². The van der Waals surface area contributed by atoms with E-state index in [1.165, 1.54) is 12.0 Å². The first-order valence-corrected chi connectivity index (χ1v) is 9.55. The molecule has 3 heterocycles. The fraction of sp³-hybridized carbons (Fsp3) is 0.611. The molecule has 0 aliphatic carbocycles. The van der Waals surface area contributed by atoms with Crippen LogP contribution in [0.1, 0.15) is 18.4 Å². The summed E-state index contributed by atoms with van der Waals surface area (Å²) < 4.78 is 16.5. The molecule has 0 amide bonds. The summed E-state index contributed by atoms with van der Waals surface area (Å²) in [5.74, 6) is 1.72. The minimum absolute atomic E-state index is 0.330. The smallest absolute Gasteiger partial charge is 0.231 e. The van der Waals surface area contributed by atoms with Crippen molar-refractivity contribution < 1.29 is 19.1 Å². The molecule has 7 heteroatoms. The Bertz CT molecular complexity index is 614. The highest BCUT2D eigenvalue weighted by atomic mass is 32.1. The molecular weight excluding hydrogens is 338 g/mol. The van der Waals surface area contributed by atoms with Crippen LogP contribution in [0.4, 0.5) is 0 Å². The van der Waals surface area contributed by atoms with E-state index in [-0.39, 0.29) is 0 Å². The fourth-order valence-corrected chi connectivity index (χ4v) is 3.93. The largest absolute Gasteiger partial charge is 0.454 e. The Kier molecular flexibility index (Phi) is 5.24. The summed E-state index contributed by atoms with van der Waals surface area (Å²) in [6.45, 7) is 7.26. The Labute approximate surface area is 154 Å². The number of nitrogens with one attached hydrogen (secondary N) is 2. The maximum absolute atomic E-state index is 5.64. The lowest BCUT2D eigenvalue weighted by molar-refractivity contribution is -0.917. The van der Waals surface area contributed by atoms with Crippen molar-refractivity contribution in [2.45, 2.75) is 25.5 Å². The number of nitrogens with zero attached hydrogens (tertiary/aromatic N) is 1. The Morgan fingerprint density at radius 1 is 1.24 bits per heavy atom. The van der Waals surface area contributed by atoms with Gasteiger partial charge >= 0.3 is 0 Å². The van der Waals surface area contributed by atoms with Crippen molar-refractivity contribution in [2.75, 3.05) is 46.1 Å². The van der Waals surface area contributed by atoms with Gasteiger partial charge in [-0.2, -0.15) is 0 Å². The minimum Gasteiger partial charge on any atom is -0.454 e. The van der Waals surface area contributed by atoms with Gasteiger partial charge in [0.25, 0.3) is 0 Å². The van der Waals surface area contributed by atoms with Crippen LogP contribution in [-0.2, 0) is 11.3 Å². The molecule has 25 heavy (non-hydrogen) atoms. The molecule has 0 radical (unpaired) electrons. The van der Waals surface area contributed by atoms with Crippen LogP contribution >= 0.6 is 12.2 Å². The van der Waals surface area contributed by atoms with Crippen molar-refractivity contribution in [1.29, 1.82) is 0 Å². The van der Waals surface area contributed by atoms with Gasteiger partial charge in [0.15, 0.2) is 16.6 Å². The molecule has 3 aliphatic rings. The van der Waals surface area contributed by atoms with Gasteiger partial charge in [-0.25, -0.2) is 0 Å². The highest BCUT2D eigenvalue weighted by molar-refractivity contribution is 7.80. The molecule has 2 N–H and O–H groups in total. The number of fused-ring (bicyclic) bond motifs is 1. The van der Waals surface area contributed by atoms with E-state index in [0.717, 1.165) is 68.9 Å². The lowest BCUT2D eigenvalue weighted by Gasteiger charge is -2.34. The van der Waals surface area contributed by atoms with Crippen LogP contribution < -0.4 is 19.7 Å². The van der Waals surface area contributed by atoms with E-state index < -0.39 is 0 Å². The summed E-state index contributed by atoms with van der Waals surface area (Å²) in [6.07, 6.45) is 2.64. The van der Waals surface area contributed by atoms with E-state index in [1.54, 1.807) is 4.90 Å². The van der Waals surface area contributed by atoms with Crippen molar-refractivity contribution >= 4 is 17.3 Å². The first-order valence-electron chi connectivity index (χ1n) is 9.14. The molecule has 3 aliphatic heterocycles. The topological polar surface area (TPSA) is 47.4 Å². The first kappa shape index (κ1) is 16.9. The molecular formula is C18H26N3O3S+. The van der Waals surface area contributed by atoms with Crippen molar-refractivity contribution in [3.8, 4) is 11.5 Å². The Balaban J connectivity index is 1.22. The molecule has 6 nitrogen and oxygen atoms in total. The zero-order chi connectivity index (χ0) is 17.1. The van der Waals surface area contributed by atoms with Gasteiger partial charge in [-0.15, -0.1) is 0 Å². The molecule has 1 aromatic carbocycles. The number of quaternary nitrogens is 1. The lowest BCUT2D eigenvalue weighted by atomic mass is 10.1. The highest BCUT2D eigenvalue weighted by Gasteiger charge is 2.24. The van der Waals surface area contributed by atoms with Gasteiger partial charge in [0, 0.05) is 18.7 Å². The predicted octanol–water partition coefficient (Wildman–Crippen LogP) is 0.169. The average molecular weight is 364 g/mol. The summed E-state index contributed by atoms with van der Waals surface area (Å²) in [6, 6.07) is 6.26. The number of thiocarbonyl (C=S) groups is 1. The molecule has 136 valence electrons. The Morgan fingerprint density at radius 3 is 2.88 bits per heavy atom. The van der Waals surface area contributed by atoms with Gasteiger partial charge in [-0.3, -0.25) is 0 Å². The molecule has 2 saturated heterocycles. The summed E-state index contributed by atoms with van der Waals surface area (Å²) in [5, 5.41) is 4.25. The van der Waals surface area contributed by atoms with Gasteiger partial charge in [0.05, 0.1) is 32.3 Å². The van der Waals surface area contributed by atoms with Crippen molar-refractivity contribution in [2.24, 2.45) is 0 Å². The number of benzene rings is 1. The number of ether oxygens (including phenoxy) is 3. The van der Waals surface area contributed by atoms with Crippen LogP contribution in [0.2, 0.25) is 0 Å². The van der Waals surface area contributed by atoms with Gasteiger partial charge < -0.3 is 29.3 Å². The van der Waals surface area contributed by atoms with Crippen LogP contribution in [0.15, 0.2) is 18.2 Å². The van der Waals surface area contributed by atoms with Crippen molar-refractivity contribution in [3.05, 3.63) is 23.8 Å².